The Morgan fingerprint density at radius 1 is 0.966 bits per heavy atom. The standard InChI is InChI=1S/C24H37N3O2/c1-19-9-11-21(12-10-19)23(20-7-5-4-6-8-20)24(29)27-17-15-26(16-18-27)22(28)13-14-25(2)3/h9-12,20,23H,4-8,13-18H2,1-3H3. The highest BCUT2D eigenvalue weighted by molar-refractivity contribution is 5.84. The molecule has 3 rings (SSSR count). The topological polar surface area (TPSA) is 43.9 Å². The Kier molecular flexibility index (Phi) is 7.70. The molecule has 0 aromatic heterocycles. The summed E-state index contributed by atoms with van der Waals surface area (Å²) in [7, 11) is 3.97. The van der Waals surface area contributed by atoms with E-state index in [0.717, 1.165) is 24.9 Å². The fourth-order valence-electron chi connectivity index (χ4n) is 4.71. The van der Waals surface area contributed by atoms with Crippen molar-refractivity contribution in [1.29, 1.82) is 0 Å². The van der Waals surface area contributed by atoms with Gasteiger partial charge in [-0.1, -0.05) is 49.1 Å². The van der Waals surface area contributed by atoms with Crippen molar-refractivity contribution in [2.45, 2.75) is 51.4 Å². The fourth-order valence-corrected chi connectivity index (χ4v) is 4.71. The molecule has 1 saturated heterocycles. The number of benzene rings is 1. The number of amides is 2. The second-order valence-electron chi connectivity index (χ2n) is 9.05. The van der Waals surface area contributed by atoms with Crippen LogP contribution in [0, 0.1) is 12.8 Å². The number of piperazine rings is 1. The number of hydrogen-bond donors (Lipinski definition) is 0. The molecule has 1 heterocycles. The first-order valence-electron chi connectivity index (χ1n) is 11.2. The molecule has 1 aliphatic carbocycles. The van der Waals surface area contributed by atoms with E-state index < -0.39 is 0 Å². The maximum Gasteiger partial charge on any atom is 0.230 e. The van der Waals surface area contributed by atoms with Crippen LogP contribution >= 0.6 is 0 Å². The summed E-state index contributed by atoms with van der Waals surface area (Å²) in [6.07, 6.45) is 6.59. The SMILES string of the molecule is Cc1ccc(C(C(=O)N2CCN(C(=O)CCN(C)C)CC2)C2CCCCC2)cc1. The number of nitrogens with zero attached hydrogens (tertiary/aromatic N) is 3. The molecule has 29 heavy (non-hydrogen) atoms. The lowest BCUT2D eigenvalue weighted by Gasteiger charge is -2.39. The molecule has 0 bridgehead atoms. The number of rotatable bonds is 6. The molecule has 1 aromatic carbocycles. The van der Waals surface area contributed by atoms with Crippen molar-refractivity contribution >= 4 is 11.8 Å². The van der Waals surface area contributed by atoms with Crippen LogP contribution in [0.1, 0.15) is 55.6 Å². The average Bonchev–Trinajstić information content (AvgIpc) is 2.74. The minimum atomic E-state index is -0.0353. The van der Waals surface area contributed by atoms with E-state index in [2.05, 4.69) is 31.2 Å². The molecule has 1 aromatic rings. The molecule has 5 nitrogen and oxygen atoms in total. The molecule has 2 amide bonds. The van der Waals surface area contributed by atoms with Crippen LogP contribution in [0.2, 0.25) is 0 Å². The van der Waals surface area contributed by atoms with Crippen molar-refractivity contribution in [1.82, 2.24) is 14.7 Å². The summed E-state index contributed by atoms with van der Waals surface area (Å²) in [6.45, 7) is 5.48. The van der Waals surface area contributed by atoms with Gasteiger partial charge in [-0.25, -0.2) is 0 Å². The Labute approximate surface area is 176 Å². The third-order valence-electron chi connectivity index (χ3n) is 6.54. The van der Waals surface area contributed by atoms with E-state index in [1.165, 1.54) is 24.8 Å². The van der Waals surface area contributed by atoms with Gasteiger partial charge in [-0.3, -0.25) is 9.59 Å². The summed E-state index contributed by atoms with van der Waals surface area (Å²) >= 11 is 0. The zero-order chi connectivity index (χ0) is 20.8. The van der Waals surface area contributed by atoms with Gasteiger partial charge in [0.05, 0.1) is 5.92 Å². The highest BCUT2D eigenvalue weighted by atomic mass is 16.2. The van der Waals surface area contributed by atoms with E-state index >= 15 is 0 Å². The van der Waals surface area contributed by atoms with E-state index in [1.54, 1.807) is 0 Å². The number of carbonyl (C=O) groups excluding carboxylic acids is 2. The predicted octanol–water partition coefficient (Wildman–Crippen LogP) is 3.28. The van der Waals surface area contributed by atoms with Crippen molar-refractivity contribution in [3.05, 3.63) is 35.4 Å². The normalized spacial score (nSPS) is 19.4. The lowest BCUT2D eigenvalue weighted by atomic mass is 9.76. The molecule has 1 unspecified atom stereocenters. The fraction of sp³-hybridized carbons (Fsp3) is 0.667. The molecule has 1 aliphatic heterocycles. The molecule has 0 radical (unpaired) electrons. The van der Waals surface area contributed by atoms with E-state index in [4.69, 9.17) is 0 Å². The largest absolute Gasteiger partial charge is 0.339 e. The van der Waals surface area contributed by atoms with E-state index in [-0.39, 0.29) is 17.7 Å². The Bertz CT molecular complexity index is 672. The number of carbonyl (C=O) groups is 2. The molecular weight excluding hydrogens is 362 g/mol. The molecule has 1 saturated carbocycles. The third-order valence-corrected chi connectivity index (χ3v) is 6.54. The quantitative estimate of drug-likeness (QED) is 0.737. The summed E-state index contributed by atoms with van der Waals surface area (Å²) in [5, 5.41) is 0. The van der Waals surface area contributed by atoms with Gasteiger partial charge in [0.2, 0.25) is 11.8 Å². The second-order valence-corrected chi connectivity index (χ2v) is 9.05. The van der Waals surface area contributed by atoms with E-state index in [0.29, 0.717) is 38.5 Å². The minimum absolute atomic E-state index is 0.0353. The van der Waals surface area contributed by atoms with Gasteiger partial charge in [0, 0.05) is 39.1 Å². The third kappa shape index (κ3) is 5.81. The lowest BCUT2D eigenvalue weighted by Crippen LogP contribution is -2.52. The predicted molar refractivity (Wildman–Crippen MR) is 117 cm³/mol. The smallest absolute Gasteiger partial charge is 0.230 e. The molecule has 2 aliphatic rings. The molecule has 5 heteroatoms. The van der Waals surface area contributed by atoms with Gasteiger partial charge >= 0.3 is 0 Å². The first-order chi connectivity index (χ1) is 14.0. The summed E-state index contributed by atoms with van der Waals surface area (Å²) < 4.78 is 0. The van der Waals surface area contributed by atoms with Gasteiger partial charge < -0.3 is 14.7 Å². The van der Waals surface area contributed by atoms with Gasteiger partial charge in [-0.15, -0.1) is 0 Å². The van der Waals surface area contributed by atoms with Crippen LogP contribution in [0.3, 0.4) is 0 Å². The van der Waals surface area contributed by atoms with Crippen molar-refractivity contribution < 1.29 is 9.59 Å². The van der Waals surface area contributed by atoms with Crippen LogP contribution in [0.5, 0.6) is 0 Å². The first-order valence-corrected chi connectivity index (χ1v) is 11.2. The first kappa shape index (κ1) is 21.8. The molecule has 0 spiro atoms. The summed E-state index contributed by atoms with van der Waals surface area (Å²) in [5.41, 5.74) is 2.39. The van der Waals surface area contributed by atoms with Gasteiger partial charge in [0.1, 0.15) is 0 Å². The van der Waals surface area contributed by atoms with Crippen LogP contribution in [-0.4, -0.2) is 73.3 Å². The Balaban J connectivity index is 1.65. The van der Waals surface area contributed by atoms with Crippen molar-refractivity contribution in [3.8, 4) is 0 Å². The Morgan fingerprint density at radius 3 is 2.14 bits per heavy atom. The summed E-state index contributed by atoms with van der Waals surface area (Å²) in [5.74, 6) is 0.875. The van der Waals surface area contributed by atoms with Crippen LogP contribution in [0.4, 0.5) is 0 Å². The highest BCUT2D eigenvalue weighted by Crippen LogP contribution is 2.37. The zero-order valence-electron chi connectivity index (χ0n) is 18.4. The Hall–Kier alpha value is -1.88. The molecule has 2 fully saturated rings. The lowest BCUT2D eigenvalue weighted by molar-refractivity contribution is -0.141. The summed E-state index contributed by atoms with van der Waals surface area (Å²) in [6, 6.07) is 8.54. The van der Waals surface area contributed by atoms with E-state index in [9.17, 15) is 9.59 Å². The zero-order valence-corrected chi connectivity index (χ0v) is 18.4. The minimum Gasteiger partial charge on any atom is -0.339 e. The van der Waals surface area contributed by atoms with Gasteiger partial charge in [0.25, 0.3) is 0 Å². The van der Waals surface area contributed by atoms with E-state index in [1.807, 2.05) is 28.8 Å². The molecule has 1 atom stereocenters. The average molecular weight is 400 g/mol. The summed E-state index contributed by atoms with van der Waals surface area (Å²) in [4.78, 5) is 32.0. The van der Waals surface area contributed by atoms with Crippen LogP contribution in [0.15, 0.2) is 24.3 Å². The number of hydrogen-bond acceptors (Lipinski definition) is 3. The van der Waals surface area contributed by atoms with Crippen LogP contribution < -0.4 is 0 Å². The molecule has 160 valence electrons. The maximum atomic E-state index is 13.6. The van der Waals surface area contributed by atoms with Gasteiger partial charge in [-0.05, 0) is 45.3 Å². The molecule has 0 N–H and O–H groups in total. The monoisotopic (exact) mass is 399 g/mol. The van der Waals surface area contributed by atoms with Crippen molar-refractivity contribution in [2.24, 2.45) is 5.92 Å². The molecular formula is C24H37N3O2. The van der Waals surface area contributed by atoms with Gasteiger partial charge in [0.15, 0.2) is 0 Å². The van der Waals surface area contributed by atoms with Crippen molar-refractivity contribution in [2.75, 3.05) is 46.8 Å². The maximum absolute atomic E-state index is 13.6. The second kappa shape index (κ2) is 10.2. The van der Waals surface area contributed by atoms with Crippen molar-refractivity contribution in [3.63, 3.8) is 0 Å². The highest BCUT2D eigenvalue weighted by Gasteiger charge is 2.35. The Morgan fingerprint density at radius 2 is 1.55 bits per heavy atom. The van der Waals surface area contributed by atoms with Gasteiger partial charge in [-0.2, -0.15) is 0 Å². The number of aryl methyl sites for hydroxylation is 1. The van der Waals surface area contributed by atoms with Crippen LogP contribution in [-0.2, 0) is 9.59 Å². The van der Waals surface area contributed by atoms with Crippen LogP contribution in [0.25, 0.3) is 0 Å².